The van der Waals surface area contributed by atoms with Gasteiger partial charge in [0.2, 0.25) is 0 Å². The normalized spacial score (nSPS) is 13.8. The second kappa shape index (κ2) is 13.6. The number of nitrogens with one attached hydrogen (secondary N) is 1. The summed E-state index contributed by atoms with van der Waals surface area (Å²) in [5.41, 5.74) is 3.36. The largest absolute Gasteiger partial charge is 0.493 e. The van der Waals surface area contributed by atoms with Crippen LogP contribution in [-0.4, -0.2) is 55.6 Å². The molecule has 0 aromatic heterocycles. The third-order valence-electron chi connectivity index (χ3n) is 7.26. The molecule has 0 bridgehead atoms. The molecule has 1 fully saturated rings. The molecule has 3 aromatic carbocycles. The second-order valence-corrected chi connectivity index (χ2v) is 11.5. The first kappa shape index (κ1) is 30.6. The zero-order valence-corrected chi connectivity index (χ0v) is 25.1. The maximum absolute atomic E-state index is 13.3. The average molecular weight is 573 g/mol. The summed E-state index contributed by atoms with van der Waals surface area (Å²) in [7, 11) is 3.06. The highest BCUT2D eigenvalue weighted by Gasteiger charge is 2.25. The van der Waals surface area contributed by atoms with Crippen molar-refractivity contribution in [2.24, 2.45) is 0 Å². The fraction of sp³-hybridized carbons (Fsp3) is 0.382. The minimum absolute atomic E-state index is 0.0539. The summed E-state index contributed by atoms with van der Waals surface area (Å²) in [6.45, 7) is 6.92. The lowest BCUT2D eigenvalue weighted by molar-refractivity contribution is -0.154. The molecule has 1 saturated heterocycles. The van der Waals surface area contributed by atoms with Gasteiger partial charge in [0.05, 0.1) is 14.2 Å². The highest BCUT2D eigenvalue weighted by atomic mass is 16.6. The van der Waals surface area contributed by atoms with Gasteiger partial charge in [-0.25, -0.2) is 0 Å². The van der Waals surface area contributed by atoms with Crippen molar-refractivity contribution in [1.82, 2.24) is 4.90 Å². The molecule has 4 rings (SSSR count). The topological polar surface area (TPSA) is 94.2 Å². The van der Waals surface area contributed by atoms with Crippen LogP contribution < -0.4 is 14.8 Å². The van der Waals surface area contributed by atoms with E-state index in [9.17, 15) is 14.4 Å². The number of amides is 2. The first-order valence-electron chi connectivity index (χ1n) is 14.3. The van der Waals surface area contributed by atoms with Gasteiger partial charge in [0, 0.05) is 36.3 Å². The van der Waals surface area contributed by atoms with Gasteiger partial charge in [-0.2, -0.15) is 0 Å². The third-order valence-corrected chi connectivity index (χ3v) is 7.26. The van der Waals surface area contributed by atoms with Crippen LogP contribution >= 0.6 is 0 Å². The Balaban J connectivity index is 1.33. The number of piperidine rings is 1. The van der Waals surface area contributed by atoms with E-state index in [0.717, 1.165) is 18.4 Å². The Kier molecular flexibility index (Phi) is 9.88. The summed E-state index contributed by atoms with van der Waals surface area (Å²) in [6.07, 6.45) is 2.70. The smallest absolute Gasteiger partial charge is 0.306 e. The van der Waals surface area contributed by atoms with Crippen molar-refractivity contribution in [1.29, 1.82) is 0 Å². The number of anilines is 1. The Morgan fingerprint density at radius 1 is 0.857 bits per heavy atom. The van der Waals surface area contributed by atoms with Crippen molar-refractivity contribution in [2.45, 2.75) is 58.0 Å². The molecule has 0 saturated carbocycles. The van der Waals surface area contributed by atoms with Crippen LogP contribution in [0.5, 0.6) is 11.5 Å². The van der Waals surface area contributed by atoms with Gasteiger partial charge in [-0.1, -0.05) is 30.3 Å². The molecule has 0 aliphatic carbocycles. The van der Waals surface area contributed by atoms with Crippen molar-refractivity contribution in [3.8, 4) is 11.5 Å². The number of nitrogens with zero attached hydrogens (tertiary/aromatic N) is 1. The van der Waals surface area contributed by atoms with E-state index >= 15 is 0 Å². The zero-order valence-electron chi connectivity index (χ0n) is 25.1. The van der Waals surface area contributed by atoms with Crippen molar-refractivity contribution in [3.63, 3.8) is 0 Å². The minimum atomic E-state index is -0.481. The lowest BCUT2D eigenvalue weighted by atomic mass is 9.88. The number of benzene rings is 3. The summed E-state index contributed by atoms with van der Waals surface area (Å²) in [4.78, 5) is 40.2. The van der Waals surface area contributed by atoms with Gasteiger partial charge >= 0.3 is 5.97 Å². The monoisotopic (exact) mass is 572 g/mol. The Labute approximate surface area is 248 Å². The lowest BCUT2D eigenvalue weighted by Crippen LogP contribution is -2.38. The van der Waals surface area contributed by atoms with E-state index in [-0.39, 0.29) is 17.8 Å². The molecule has 8 nitrogen and oxygen atoms in total. The highest BCUT2D eigenvalue weighted by Crippen LogP contribution is 2.30. The summed E-state index contributed by atoms with van der Waals surface area (Å²) in [6, 6.07) is 20.4. The Bertz CT molecular complexity index is 1420. The summed E-state index contributed by atoms with van der Waals surface area (Å²) >= 11 is 0. The Hall–Kier alpha value is -4.33. The maximum atomic E-state index is 13.3. The number of rotatable bonds is 9. The summed E-state index contributed by atoms with van der Waals surface area (Å²) in [5, 5.41) is 2.87. The number of likely N-dealkylation sites (tertiary alicyclic amines) is 1. The van der Waals surface area contributed by atoms with Crippen LogP contribution in [0.3, 0.4) is 0 Å². The van der Waals surface area contributed by atoms with Gasteiger partial charge < -0.3 is 24.4 Å². The van der Waals surface area contributed by atoms with Crippen molar-refractivity contribution < 1.29 is 28.6 Å². The molecule has 0 atom stereocenters. The molecule has 2 amide bonds. The molecule has 1 N–H and O–H groups in total. The molecule has 1 heterocycles. The van der Waals surface area contributed by atoms with Gasteiger partial charge in [0.15, 0.2) is 11.5 Å². The number of esters is 1. The number of ether oxygens (including phenoxy) is 3. The molecular weight excluding hydrogens is 532 g/mol. The standard InChI is InChI=1S/C34H40N2O6/c1-34(2,3)42-31(37)15-12-23-8-6-9-25(20-23)24-16-18-36(19-17-24)33(39)27-10-7-11-28(21-27)35-32(38)26-13-14-29(40-4)30(22-26)41-5/h6-11,13-14,20-22,24H,12,15-19H2,1-5H3,(H,35,38). The number of hydrogen-bond donors (Lipinski definition) is 1. The molecule has 42 heavy (non-hydrogen) atoms. The van der Waals surface area contributed by atoms with Crippen molar-refractivity contribution >= 4 is 23.5 Å². The number of aryl methyl sites for hydroxylation is 1. The predicted octanol–water partition coefficient (Wildman–Crippen LogP) is 6.25. The summed E-state index contributed by atoms with van der Waals surface area (Å²) < 4.78 is 16.0. The predicted molar refractivity (Wildman–Crippen MR) is 162 cm³/mol. The molecule has 0 spiro atoms. The molecular formula is C34H40N2O6. The van der Waals surface area contributed by atoms with Crippen molar-refractivity contribution in [2.75, 3.05) is 32.6 Å². The molecule has 1 aliphatic heterocycles. The van der Waals surface area contributed by atoms with Gasteiger partial charge in [0.1, 0.15) is 5.60 Å². The first-order valence-corrected chi connectivity index (χ1v) is 14.3. The Morgan fingerprint density at radius 2 is 1.57 bits per heavy atom. The first-order chi connectivity index (χ1) is 20.1. The zero-order chi connectivity index (χ0) is 30.3. The van der Waals surface area contributed by atoms with Crippen LogP contribution in [-0.2, 0) is 16.0 Å². The number of carbonyl (C=O) groups excluding carboxylic acids is 3. The van der Waals surface area contributed by atoms with Crippen LogP contribution in [0.1, 0.15) is 77.8 Å². The Morgan fingerprint density at radius 3 is 2.26 bits per heavy atom. The number of hydrogen-bond acceptors (Lipinski definition) is 6. The quantitative estimate of drug-likeness (QED) is 0.305. The molecule has 222 valence electrons. The lowest BCUT2D eigenvalue weighted by Gasteiger charge is -2.32. The van der Waals surface area contributed by atoms with Crippen LogP contribution in [0.4, 0.5) is 5.69 Å². The summed E-state index contributed by atoms with van der Waals surface area (Å²) in [5.74, 6) is 0.796. The number of methoxy groups -OCH3 is 2. The van der Waals surface area contributed by atoms with Crippen LogP contribution in [0, 0.1) is 0 Å². The fourth-order valence-electron chi connectivity index (χ4n) is 5.15. The van der Waals surface area contributed by atoms with E-state index in [1.54, 1.807) is 42.5 Å². The second-order valence-electron chi connectivity index (χ2n) is 11.5. The average Bonchev–Trinajstić information content (AvgIpc) is 2.98. The highest BCUT2D eigenvalue weighted by molar-refractivity contribution is 6.05. The van der Waals surface area contributed by atoms with Crippen molar-refractivity contribution in [3.05, 3.63) is 89.0 Å². The van der Waals surface area contributed by atoms with E-state index in [1.807, 2.05) is 37.8 Å². The molecule has 1 aliphatic rings. The van der Waals surface area contributed by atoms with E-state index < -0.39 is 5.60 Å². The SMILES string of the molecule is COc1ccc(C(=O)Nc2cccc(C(=O)N3CCC(c4cccc(CCC(=O)OC(C)(C)C)c4)CC3)c2)cc1OC. The van der Waals surface area contributed by atoms with E-state index in [1.165, 1.54) is 19.8 Å². The third kappa shape index (κ3) is 8.12. The van der Waals surface area contributed by atoms with E-state index in [2.05, 4.69) is 17.4 Å². The van der Waals surface area contributed by atoms with Crippen LogP contribution in [0.25, 0.3) is 0 Å². The van der Waals surface area contributed by atoms with E-state index in [0.29, 0.717) is 60.2 Å². The maximum Gasteiger partial charge on any atom is 0.306 e. The van der Waals surface area contributed by atoms with E-state index in [4.69, 9.17) is 14.2 Å². The van der Waals surface area contributed by atoms with Gasteiger partial charge in [-0.15, -0.1) is 0 Å². The molecule has 8 heteroatoms. The van der Waals surface area contributed by atoms with Crippen LogP contribution in [0.15, 0.2) is 66.7 Å². The van der Waals surface area contributed by atoms with Gasteiger partial charge in [-0.05, 0) is 93.5 Å². The molecule has 3 aromatic rings. The van der Waals surface area contributed by atoms with Crippen LogP contribution in [0.2, 0.25) is 0 Å². The molecule has 0 radical (unpaired) electrons. The fourth-order valence-corrected chi connectivity index (χ4v) is 5.15. The minimum Gasteiger partial charge on any atom is -0.493 e. The van der Waals surface area contributed by atoms with Gasteiger partial charge in [0.25, 0.3) is 11.8 Å². The van der Waals surface area contributed by atoms with Gasteiger partial charge in [-0.3, -0.25) is 14.4 Å². The number of carbonyl (C=O) groups is 3. The molecule has 0 unspecified atom stereocenters.